The summed E-state index contributed by atoms with van der Waals surface area (Å²) in [6.07, 6.45) is 3.37. The van der Waals surface area contributed by atoms with Gasteiger partial charge in [-0.25, -0.2) is 0 Å². The highest BCUT2D eigenvalue weighted by molar-refractivity contribution is 8.15. The molecule has 0 unspecified atom stereocenters. The van der Waals surface area contributed by atoms with Gasteiger partial charge in [-0.3, -0.25) is 4.79 Å². The number of ether oxygens (including phenoxy) is 1. The number of thioether (sulfide) groups is 1. The Morgan fingerprint density at radius 2 is 2.30 bits per heavy atom. The molecule has 20 heavy (non-hydrogen) atoms. The second-order valence-electron chi connectivity index (χ2n) is 3.99. The molecule has 6 heteroatoms. The second kappa shape index (κ2) is 7.62. The van der Waals surface area contributed by atoms with E-state index >= 15 is 0 Å². The van der Waals surface area contributed by atoms with E-state index in [2.05, 4.69) is 22.1 Å². The standard InChI is InChI=1S/C14H15N3O2S/c1-2-7-19-9-12-6-4-3-5-11(12)8-15-17-14-16-13(18)10-20-14/h2-6,8H,1,7,9-10H2,(H,16,17,18). The molecule has 104 valence electrons. The van der Waals surface area contributed by atoms with Gasteiger partial charge in [0.15, 0.2) is 5.17 Å². The first-order valence-electron chi connectivity index (χ1n) is 6.10. The molecule has 0 aliphatic carbocycles. The molecule has 1 amide bonds. The molecule has 2 rings (SSSR count). The Kier molecular flexibility index (Phi) is 5.52. The number of nitrogens with one attached hydrogen (secondary N) is 1. The van der Waals surface area contributed by atoms with E-state index in [0.29, 0.717) is 24.1 Å². The molecule has 1 saturated heterocycles. The predicted octanol–water partition coefficient (Wildman–Crippen LogP) is 1.94. The zero-order valence-electron chi connectivity index (χ0n) is 10.9. The highest BCUT2D eigenvalue weighted by Gasteiger charge is 2.15. The maximum atomic E-state index is 11.0. The van der Waals surface area contributed by atoms with Gasteiger partial charge in [0.2, 0.25) is 5.91 Å². The number of amidine groups is 1. The molecule has 0 bridgehead atoms. The van der Waals surface area contributed by atoms with E-state index in [9.17, 15) is 4.79 Å². The van der Waals surface area contributed by atoms with Crippen LogP contribution >= 0.6 is 11.8 Å². The number of hydrogen-bond acceptors (Lipinski definition) is 5. The van der Waals surface area contributed by atoms with E-state index in [0.717, 1.165) is 11.1 Å². The summed E-state index contributed by atoms with van der Waals surface area (Å²) in [6, 6.07) is 7.79. The van der Waals surface area contributed by atoms with E-state index in [4.69, 9.17) is 4.74 Å². The summed E-state index contributed by atoms with van der Waals surface area (Å²) in [5.41, 5.74) is 1.97. The third kappa shape index (κ3) is 4.32. The third-order valence-electron chi connectivity index (χ3n) is 2.48. The molecule has 1 aliphatic heterocycles. The first kappa shape index (κ1) is 14.5. The van der Waals surface area contributed by atoms with Gasteiger partial charge in [-0.15, -0.1) is 11.7 Å². The minimum absolute atomic E-state index is 0.0397. The van der Waals surface area contributed by atoms with Crippen LogP contribution in [-0.2, 0) is 16.1 Å². The minimum atomic E-state index is -0.0397. The van der Waals surface area contributed by atoms with Crippen LogP contribution in [0.3, 0.4) is 0 Å². The summed E-state index contributed by atoms with van der Waals surface area (Å²) in [5.74, 6) is 0.363. The Hall–Kier alpha value is -1.92. The topological polar surface area (TPSA) is 63.1 Å². The zero-order valence-corrected chi connectivity index (χ0v) is 11.7. The average Bonchev–Trinajstić information content (AvgIpc) is 2.86. The van der Waals surface area contributed by atoms with Crippen molar-refractivity contribution < 1.29 is 9.53 Å². The van der Waals surface area contributed by atoms with E-state index < -0.39 is 0 Å². The van der Waals surface area contributed by atoms with Crippen LogP contribution in [0.2, 0.25) is 0 Å². The zero-order chi connectivity index (χ0) is 14.2. The summed E-state index contributed by atoms with van der Waals surface area (Å²) < 4.78 is 5.43. The summed E-state index contributed by atoms with van der Waals surface area (Å²) >= 11 is 1.35. The van der Waals surface area contributed by atoms with Crippen LogP contribution in [0.5, 0.6) is 0 Å². The SMILES string of the molecule is C=CCOCc1ccccc1C=NN=C1NC(=O)CS1. The number of nitrogens with zero attached hydrogens (tertiary/aromatic N) is 2. The average molecular weight is 289 g/mol. The third-order valence-corrected chi connectivity index (χ3v) is 3.34. The monoisotopic (exact) mass is 289 g/mol. The van der Waals surface area contributed by atoms with E-state index in [-0.39, 0.29) is 5.91 Å². The van der Waals surface area contributed by atoms with Gasteiger partial charge in [-0.05, 0) is 5.56 Å². The van der Waals surface area contributed by atoms with Crippen molar-refractivity contribution in [2.24, 2.45) is 10.2 Å². The molecule has 0 saturated carbocycles. The molecule has 0 radical (unpaired) electrons. The Labute approximate surface area is 121 Å². The van der Waals surface area contributed by atoms with Gasteiger partial charge in [0.1, 0.15) is 0 Å². The Morgan fingerprint density at radius 3 is 3.05 bits per heavy atom. The van der Waals surface area contributed by atoms with Gasteiger partial charge in [-0.1, -0.05) is 42.1 Å². The molecule has 0 atom stereocenters. The van der Waals surface area contributed by atoms with Crippen LogP contribution in [0.1, 0.15) is 11.1 Å². The van der Waals surface area contributed by atoms with Crippen LogP contribution in [0.4, 0.5) is 0 Å². The van der Waals surface area contributed by atoms with Crippen molar-refractivity contribution in [3.8, 4) is 0 Å². The van der Waals surface area contributed by atoms with Gasteiger partial charge < -0.3 is 10.1 Å². The van der Waals surface area contributed by atoms with E-state index in [1.54, 1.807) is 12.3 Å². The molecule has 0 aromatic heterocycles. The molecule has 1 aromatic carbocycles. The maximum Gasteiger partial charge on any atom is 0.236 e. The maximum absolute atomic E-state index is 11.0. The second-order valence-corrected chi connectivity index (χ2v) is 4.95. The molecular weight excluding hydrogens is 274 g/mol. The normalized spacial score (nSPS) is 16.8. The van der Waals surface area contributed by atoms with Crippen molar-refractivity contribution in [3.05, 3.63) is 48.0 Å². The van der Waals surface area contributed by atoms with Crippen molar-refractivity contribution in [1.29, 1.82) is 0 Å². The summed E-state index contributed by atoms with van der Waals surface area (Å²) in [5, 5.41) is 11.1. The molecule has 1 fully saturated rings. The molecule has 1 aliphatic rings. The molecule has 1 N–H and O–H groups in total. The number of amides is 1. The summed E-state index contributed by atoms with van der Waals surface area (Å²) in [6.45, 7) is 4.61. The minimum Gasteiger partial charge on any atom is -0.373 e. The van der Waals surface area contributed by atoms with Crippen molar-refractivity contribution in [3.63, 3.8) is 0 Å². The first-order valence-corrected chi connectivity index (χ1v) is 7.08. The predicted molar refractivity (Wildman–Crippen MR) is 81.9 cm³/mol. The highest BCUT2D eigenvalue weighted by Crippen LogP contribution is 2.10. The van der Waals surface area contributed by atoms with Gasteiger partial charge in [-0.2, -0.15) is 5.10 Å². The van der Waals surface area contributed by atoms with Crippen molar-refractivity contribution in [1.82, 2.24) is 5.32 Å². The van der Waals surface area contributed by atoms with Gasteiger partial charge >= 0.3 is 0 Å². The number of benzene rings is 1. The molecule has 5 nitrogen and oxygen atoms in total. The Bertz CT molecular complexity index is 555. The van der Waals surface area contributed by atoms with Crippen molar-refractivity contribution in [2.45, 2.75) is 6.61 Å². The lowest BCUT2D eigenvalue weighted by Gasteiger charge is -2.04. The van der Waals surface area contributed by atoms with Crippen molar-refractivity contribution >= 4 is 29.1 Å². The largest absolute Gasteiger partial charge is 0.373 e. The lowest BCUT2D eigenvalue weighted by molar-refractivity contribution is -0.116. The van der Waals surface area contributed by atoms with Crippen molar-refractivity contribution in [2.75, 3.05) is 12.4 Å². The first-order chi connectivity index (χ1) is 9.79. The molecule has 1 heterocycles. The molecular formula is C14H15N3O2S. The van der Waals surface area contributed by atoms with Gasteiger partial charge in [0, 0.05) is 5.56 Å². The van der Waals surface area contributed by atoms with E-state index in [1.165, 1.54) is 11.8 Å². The highest BCUT2D eigenvalue weighted by atomic mass is 32.2. The summed E-state index contributed by atoms with van der Waals surface area (Å²) in [4.78, 5) is 11.0. The van der Waals surface area contributed by atoms with E-state index in [1.807, 2.05) is 24.3 Å². The summed E-state index contributed by atoms with van der Waals surface area (Å²) in [7, 11) is 0. The Balaban J connectivity index is 2.01. The fraction of sp³-hybridized carbons (Fsp3) is 0.214. The van der Waals surface area contributed by atoms with Crippen LogP contribution in [-0.4, -0.2) is 29.6 Å². The number of carbonyl (C=O) groups is 1. The number of hydrogen-bond donors (Lipinski definition) is 1. The van der Waals surface area contributed by atoms with Crippen LogP contribution in [0, 0.1) is 0 Å². The number of carbonyl (C=O) groups excluding carboxylic acids is 1. The fourth-order valence-corrected chi connectivity index (χ4v) is 2.20. The van der Waals surface area contributed by atoms with Crippen LogP contribution in [0.15, 0.2) is 47.1 Å². The smallest absolute Gasteiger partial charge is 0.236 e. The van der Waals surface area contributed by atoms with Crippen LogP contribution < -0.4 is 5.32 Å². The quantitative estimate of drug-likeness (QED) is 0.377. The fourth-order valence-electron chi connectivity index (χ4n) is 1.57. The lowest BCUT2D eigenvalue weighted by atomic mass is 10.1. The number of rotatable bonds is 6. The molecule has 0 spiro atoms. The molecule has 1 aromatic rings. The van der Waals surface area contributed by atoms with Crippen LogP contribution in [0.25, 0.3) is 0 Å². The Morgan fingerprint density at radius 1 is 1.45 bits per heavy atom. The van der Waals surface area contributed by atoms with Gasteiger partial charge in [0.05, 0.1) is 25.2 Å². The van der Waals surface area contributed by atoms with Gasteiger partial charge in [0.25, 0.3) is 0 Å². The lowest BCUT2D eigenvalue weighted by Crippen LogP contribution is -2.19.